The molecule has 2 aliphatic carbocycles. The van der Waals surface area contributed by atoms with Crippen LogP contribution >= 0.6 is 0 Å². The van der Waals surface area contributed by atoms with Crippen LogP contribution in [0, 0.1) is 5.92 Å². The molecule has 0 nitrogen and oxygen atoms in total. The highest BCUT2D eigenvalue weighted by Crippen LogP contribution is 2.36. The molecule has 0 radical (unpaired) electrons. The molecule has 0 bridgehead atoms. The maximum absolute atomic E-state index is 2.50. The first-order chi connectivity index (χ1) is 4.97. The van der Waals surface area contributed by atoms with E-state index >= 15 is 0 Å². The number of rotatable bonds is 0. The molecule has 0 N–H and O–H groups in total. The lowest BCUT2D eigenvalue weighted by molar-refractivity contribution is 0.542. The van der Waals surface area contributed by atoms with E-state index in [9.17, 15) is 0 Å². The predicted octanol–water partition coefficient (Wildman–Crippen LogP) is 3.29. The smallest absolute Gasteiger partial charge is 0.0200 e. The average molecular weight is 136 g/mol. The maximum Gasteiger partial charge on any atom is -0.0200 e. The third kappa shape index (κ3) is 1.12. The van der Waals surface area contributed by atoms with E-state index in [0.717, 1.165) is 5.92 Å². The van der Waals surface area contributed by atoms with Crippen LogP contribution in [-0.4, -0.2) is 0 Å². The highest BCUT2D eigenvalue weighted by molar-refractivity contribution is 5.13. The van der Waals surface area contributed by atoms with Crippen molar-refractivity contribution in [2.75, 3.05) is 0 Å². The van der Waals surface area contributed by atoms with Crippen LogP contribution in [0.2, 0.25) is 0 Å². The first-order valence-electron chi connectivity index (χ1n) is 4.66. The Bertz CT molecular complexity index is 144. The molecular formula is C10H16. The zero-order chi connectivity index (χ0) is 6.81. The van der Waals surface area contributed by atoms with Gasteiger partial charge in [0.1, 0.15) is 0 Å². The van der Waals surface area contributed by atoms with Gasteiger partial charge in [-0.05, 0) is 38.0 Å². The number of allylic oxidation sites excluding steroid dienone is 2. The summed E-state index contributed by atoms with van der Waals surface area (Å²) in [4.78, 5) is 0. The zero-order valence-electron chi connectivity index (χ0n) is 6.60. The fraction of sp³-hybridized carbons (Fsp3) is 0.800. The van der Waals surface area contributed by atoms with Gasteiger partial charge in [-0.3, -0.25) is 0 Å². The van der Waals surface area contributed by atoms with E-state index < -0.39 is 0 Å². The summed E-state index contributed by atoms with van der Waals surface area (Å²) in [5, 5.41) is 0. The Morgan fingerprint density at radius 1 is 1.10 bits per heavy atom. The van der Waals surface area contributed by atoms with Gasteiger partial charge in [0.05, 0.1) is 0 Å². The second-order valence-corrected chi connectivity index (χ2v) is 3.65. The van der Waals surface area contributed by atoms with Gasteiger partial charge in [0.25, 0.3) is 0 Å². The summed E-state index contributed by atoms with van der Waals surface area (Å²) in [6.07, 6.45) is 12.7. The first-order valence-corrected chi connectivity index (χ1v) is 4.66. The SMILES string of the molecule is C1=C2CCCCCC2CC1. The summed E-state index contributed by atoms with van der Waals surface area (Å²) in [6.45, 7) is 0. The monoisotopic (exact) mass is 136 g/mol. The minimum Gasteiger partial charge on any atom is -0.0850 e. The van der Waals surface area contributed by atoms with E-state index in [0.29, 0.717) is 0 Å². The topological polar surface area (TPSA) is 0 Å². The van der Waals surface area contributed by atoms with Gasteiger partial charge < -0.3 is 0 Å². The van der Waals surface area contributed by atoms with Crippen LogP contribution < -0.4 is 0 Å². The van der Waals surface area contributed by atoms with Crippen LogP contribution in [0.3, 0.4) is 0 Å². The quantitative estimate of drug-likeness (QED) is 0.448. The van der Waals surface area contributed by atoms with Crippen molar-refractivity contribution in [1.82, 2.24) is 0 Å². The molecule has 0 aromatic heterocycles. The van der Waals surface area contributed by atoms with Gasteiger partial charge in [-0.2, -0.15) is 0 Å². The minimum atomic E-state index is 1.02. The molecule has 0 aromatic rings. The second-order valence-electron chi connectivity index (χ2n) is 3.65. The van der Waals surface area contributed by atoms with Gasteiger partial charge in [0.2, 0.25) is 0 Å². The van der Waals surface area contributed by atoms with E-state index in [4.69, 9.17) is 0 Å². The Morgan fingerprint density at radius 3 is 3.10 bits per heavy atom. The molecule has 0 heterocycles. The predicted molar refractivity (Wildman–Crippen MR) is 43.9 cm³/mol. The molecule has 56 valence electrons. The molecule has 0 aromatic carbocycles. The summed E-state index contributed by atoms with van der Waals surface area (Å²) < 4.78 is 0. The highest BCUT2D eigenvalue weighted by atomic mass is 14.3. The van der Waals surface area contributed by atoms with E-state index in [1.165, 1.54) is 44.9 Å². The normalized spacial score (nSPS) is 32.8. The van der Waals surface area contributed by atoms with Crippen molar-refractivity contribution in [1.29, 1.82) is 0 Å². The summed E-state index contributed by atoms with van der Waals surface area (Å²) in [5.74, 6) is 1.02. The van der Waals surface area contributed by atoms with Gasteiger partial charge in [0.15, 0.2) is 0 Å². The van der Waals surface area contributed by atoms with E-state index in [2.05, 4.69) is 6.08 Å². The molecular weight excluding hydrogens is 120 g/mol. The lowest BCUT2D eigenvalue weighted by Crippen LogP contribution is -1.95. The Hall–Kier alpha value is -0.260. The third-order valence-electron chi connectivity index (χ3n) is 2.96. The minimum absolute atomic E-state index is 1.02. The van der Waals surface area contributed by atoms with Crippen molar-refractivity contribution in [2.45, 2.75) is 44.9 Å². The summed E-state index contributed by atoms with van der Waals surface area (Å²) >= 11 is 0. The number of hydrogen-bond donors (Lipinski definition) is 0. The van der Waals surface area contributed by atoms with Crippen molar-refractivity contribution in [2.24, 2.45) is 5.92 Å². The summed E-state index contributed by atoms with van der Waals surface area (Å²) in [5.41, 5.74) is 1.80. The van der Waals surface area contributed by atoms with E-state index in [1.807, 2.05) is 0 Å². The largest absolute Gasteiger partial charge is 0.0850 e. The van der Waals surface area contributed by atoms with Crippen LogP contribution in [0.4, 0.5) is 0 Å². The van der Waals surface area contributed by atoms with Gasteiger partial charge in [-0.15, -0.1) is 0 Å². The summed E-state index contributed by atoms with van der Waals surface area (Å²) in [6, 6.07) is 0. The molecule has 0 heteroatoms. The molecule has 1 saturated carbocycles. The van der Waals surface area contributed by atoms with Crippen molar-refractivity contribution in [3.05, 3.63) is 11.6 Å². The molecule has 0 aliphatic heterocycles. The standard InChI is InChI=1S/C10H16/c1-2-5-9-7-4-8-10(9)6-3-1/h7,10H,1-6,8H2. The van der Waals surface area contributed by atoms with Crippen LogP contribution in [0.5, 0.6) is 0 Å². The van der Waals surface area contributed by atoms with Crippen molar-refractivity contribution in [3.8, 4) is 0 Å². The van der Waals surface area contributed by atoms with Gasteiger partial charge in [-0.1, -0.05) is 24.5 Å². The third-order valence-corrected chi connectivity index (χ3v) is 2.96. The zero-order valence-corrected chi connectivity index (χ0v) is 6.60. The molecule has 2 aliphatic rings. The van der Waals surface area contributed by atoms with Crippen LogP contribution in [0.25, 0.3) is 0 Å². The molecule has 2 rings (SSSR count). The first kappa shape index (κ1) is 6.45. The Morgan fingerprint density at radius 2 is 2.10 bits per heavy atom. The Labute approximate surface area is 63.3 Å². The van der Waals surface area contributed by atoms with Crippen LogP contribution in [-0.2, 0) is 0 Å². The number of fused-ring (bicyclic) bond motifs is 1. The van der Waals surface area contributed by atoms with Gasteiger partial charge in [-0.25, -0.2) is 0 Å². The van der Waals surface area contributed by atoms with E-state index in [1.54, 1.807) is 5.57 Å². The van der Waals surface area contributed by atoms with Crippen LogP contribution in [0.15, 0.2) is 11.6 Å². The fourth-order valence-corrected chi connectivity index (χ4v) is 2.35. The van der Waals surface area contributed by atoms with Crippen molar-refractivity contribution < 1.29 is 0 Å². The Balaban J connectivity index is 2.06. The lowest BCUT2D eigenvalue weighted by atomic mass is 9.97. The fourth-order valence-electron chi connectivity index (χ4n) is 2.35. The average Bonchev–Trinajstić information content (AvgIpc) is 2.28. The molecule has 1 unspecified atom stereocenters. The molecule has 1 fully saturated rings. The number of hydrogen-bond acceptors (Lipinski definition) is 0. The molecule has 0 spiro atoms. The Kier molecular flexibility index (Phi) is 1.79. The second kappa shape index (κ2) is 2.77. The van der Waals surface area contributed by atoms with E-state index in [-0.39, 0.29) is 0 Å². The van der Waals surface area contributed by atoms with Gasteiger partial charge >= 0.3 is 0 Å². The van der Waals surface area contributed by atoms with Crippen molar-refractivity contribution in [3.63, 3.8) is 0 Å². The summed E-state index contributed by atoms with van der Waals surface area (Å²) in [7, 11) is 0. The molecule has 0 saturated heterocycles. The van der Waals surface area contributed by atoms with Gasteiger partial charge in [0, 0.05) is 0 Å². The van der Waals surface area contributed by atoms with Crippen LogP contribution in [0.1, 0.15) is 44.9 Å². The van der Waals surface area contributed by atoms with Crippen molar-refractivity contribution >= 4 is 0 Å². The molecule has 10 heavy (non-hydrogen) atoms. The highest BCUT2D eigenvalue weighted by Gasteiger charge is 2.20. The molecule has 1 atom stereocenters. The maximum atomic E-state index is 2.50. The lowest BCUT2D eigenvalue weighted by Gasteiger charge is -2.08. The molecule has 0 amide bonds.